The van der Waals surface area contributed by atoms with E-state index in [0.29, 0.717) is 6.54 Å². The number of ether oxygens (including phenoxy) is 1. The maximum absolute atomic E-state index is 13.0. The summed E-state index contributed by atoms with van der Waals surface area (Å²) in [6, 6.07) is 12.9. The van der Waals surface area contributed by atoms with Gasteiger partial charge < -0.3 is 14.8 Å². The molecule has 0 saturated heterocycles. The third-order valence-electron chi connectivity index (χ3n) is 4.10. The van der Waals surface area contributed by atoms with Crippen LogP contribution in [0.2, 0.25) is 0 Å². The van der Waals surface area contributed by atoms with E-state index < -0.39 is 17.1 Å². The minimum absolute atomic E-state index is 0.131. The van der Waals surface area contributed by atoms with Crippen LogP contribution in [0.4, 0.5) is 0 Å². The van der Waals surface area contributed by atoms with Crippen LogP contribution in [0.3, 0.4) is 0 Å². The van der Waals surface area contributed by atoms with Crippen molar-refractivity contribution >= 4 is 22.6 Å². The third-order valence-corrected chi connectivity index (χ3v) is 5.95. The Balaban J connectivity index is 2.27. The molecule has 0 spiro atoms. The van der Waals surface area contributed by atoms with Gasteiger partial charge in [0.15, 0.2) is 0 Å². The van der Waals surface area contributed by atoms with Crippen molar-refractivity contribution in [1.29, 1.82) is 0 Å². The van der Waals surface area contributed by atoms with Gasteiger partial charge in [0.05, 0.1) is 12.0 Å². The molecule has 26 heavy (non-hydrogen) atoms. The lowest BCUT2D eigenvalue weighted by Crippen LogP contribution is -2.33. The number of benzene rings is 2. The van der Waals surface area contributed by atoms with E-state index in [4.69, 9.17) is 14.8 Å². The maximum atomic E-state index is 13.0. The van der Waals surface area contributed by atoms with Crippen molar-refractivity contribution in [1.82, 2.24) is 4.31 Å². The number of unbranched alkanes of at least 4 members (excludes halogenated alkanes) is 1. The van der Waals surface area contributed by atoms with Crippen molar-refractivity contribution in [3.8, 4) is 5.75 Å². The number of hydrogen-bond donors (Lipinski definition) is 2. The molecule has 0 fully saturated rings. The Morgan fingerprint density at radius 2 is 1.65 bits per heavy atom. The molecule has 0 amide bonds. The first kappa shape index (κ1) is 20.4. The number of methoxy groups -OCH3 is 1. The predicted octanol–water partition coefficient (Wildman–Crippen LogP) is 1.37. The Labute approximate surface area is 155 Å². The summed E-state index contributed by atoms with van der Waals surface area (Å²) in [5.74, 6) is 0.717. The lowest BCUT2D eigenvalue weighted by Gasteiger charge is -2.22. The quantitative estimate of drug-likeness (QED) is 0.645. The van der Waals surface area contributed by atoms with Crippen molar-refractivity contribution < 1.29 is 23.2 Å². The fourth-order valence-corrected chi connectivity index (χ4v) is 3.98. The molecule has 0 heterocycles. The van der Waals surface area contributed by atoms with E-state index in [1.165, 1.54) is 28.6 Å². The van der Waals surface area contributed by atoms with Crippen LogP contribution in [-0.2, 0) is 16.6 Å². The van der Waals surface area contributed by atoms with Crippen molar-refractivity contribution in [3.63, 3.8) is 0 Å². The Kier molecular flexibility index (Phi) is 7.22. The summed E-state index contributed by atoms with van der Waals surface area (Å²) in [7, 11) is -3.73. The van der Waals surface area contributed by atoms with Gasteiger partial charge >= 0.3 is 7.12 Å². The van der Waals surface area contributed by atoms with E-state index in [1.54, 1.807) is 19.2 Å². The van der Waals surface area contributed by atoms with Crippen molar-refractivity contribution in [2.45, 2.75) is 31.2 Å². The zero-order valence-electron chi connectivity index (χ0n) is 15.0. The molecule has 2 aromatic carbocycles. The molecule has 0 radical (unpaired) electrons. The summed E-state index contributed by atoms with van der Waals surface area (Å²) in [5, 5.41) is 18.3. The van der Waals surface area contributed by atoms with Crippen molar-refractivity contribution in [3.05, 3.63) is 54.1 Å². The second-order valence-corrected chi connectivity index (χ2v) is 7.92. The smallest absolute Gasteiger partial charge is 0.488 e. The average Bonchev–Trinajstić information content (AvgIpc) is 2.65. The highest BCUT2D eigenvalue weighted by molar-refractivity contribution is 7.89. The summed E-state index contributed by atoms with van der Waals surface area (Å²) < 4.78 is 32.6. The van der Waals surface area contributed by atoms with Crippen LogP contribution in [0.25, 0.3) is 0 Å². The second kappa shape index (κ2) is 9.18. The standard InChI is InChI=1S/C18H24BNO5S/c1-3-4-13-20(14-15-5-9-17(25-2)10-6-15)26(23,24)18-11-7-16(8-12-18)19(21)22/h5-12,21-22H,3-4,13-14H2,1-2H3. The van der Waals surface area contributed by atoms with Crippen LogP contribution < -0.4 is 10.2 Å². The third kappa shape index (κ3) is 5.08. The molecule has 0 atom stereocenters. The van der Waals surface area contributed by atoms with Crippen LogP contribution in [-0.4, -0.2) is 43.5 Å². The van der Waals surface area contributed by atoms with E-state index in [2.05, 4.69) is 0 Å². The average molecular weight is 377 g/mol. The highest BCUT2D eigenvalue weighted by atomic mass is 32.2. The molecular formula is C18H24BNO5S. The van der Waals surface area contributed by atoms with Gasteiger partial charge in [-0.15, -0.1) is 0 Å². The normalized spacial score (nSPS) is 11.6. The SMILES string of the molecule is CCCCN(Cc1ccc(OC)cc1)S(=O)(=O)c1ccc(B(O)O)cc1. The zero-order chi connectivity index (χ0) is 19.2. The molecule has 2 N–H and O–H groups in total. The van der Waals surface area contributed by atoms with Gasteiger partial charge in [-0.25, -0.2) is 8.42 Å². The van der Waals surface area contributed by atoms with Crippen LogP contribution >= 0.6 is 0 Å². The van der Waals surface area contributed by atoms with Gasteiger partial charge in [-0.2, -0.15) is 4.31 Å². The highest BCUT2D eigenvalue weighted by Crippen LogP contribution is 2.20. The lowest BCUT2D eigenvalue weighted by atomic mass is 9.81. The largest absolute Gasteiger partial charge is 0.497 e. The molecule has 0 saturated carbocycles. The molecular weight excluding hydrogens is 353 g/mol. The highest BCUT2D eigenvalue weighted by Gasteiger charge is 2.25. The zero-order valence-corrected chi connectivity index (χ0v) is 15.8. The summed E-state index contributed by atoms with van der Waals surface area (Å²) in [6.45, 7) is 2.68. The Morgan fingerprint density at radius 3 is 2.15 bits per heavy atom. The first-order chi connectivity index (χ1) is 12.4. The van der Waals surface area contributed by atoms with Crippen LogP contribution in [0.1, 0.15) is 25.3 Å². The molecule has 0 aliphatic carbocycles. The summed E-state index contributed by atoms with van der Waals surface area (Å²) >= 11 is 0. The molecule has 0 aromatic heterocycles. The van der Waals surface area contributed by atoms with Crippen LogP contribution in [0.5, 0.6) is 5.75 Å². The molecule has 6 nitrogen and oxygen atoms in total. The molecule has 0 aliphatic heterocycles. The minimum atomic E-state index is -3.69. The van der Waals surface area contributed by atoms with Gasteiger partial charge in [-0.05, 0) is 41.7 Å². The van der Waals surface area contributed by atoms with Gasteiger partial charge in [-0.3, -0.25) is 0 Å². The van der Waals surface area contributed by atoms with Crippen LogP contribution in [0, 0.1) is 0 Å². The van der Waals surface area contributed by atoms with Gasteiger partial charge in [0.2, 0.25) is 10.0 Å². The molecule has 0 aliphatic rings. The lowest BCUT2D eigenvalue weighted by molar-refractivity contribution is 0.396. The fraction of sp³-hybridized carbons (Fsp3) is 0.333. The number of rotatable bonds is 9. The number of hydrogen-bond acceptors (Lipinski definition) is 5. The minimum Gasteiger partial charge on any atom is -0.497 e. The second-order valence-electron chi connectivity index (χ2n) is 5.98. The molecule has 8 heteroatoms. The predicted molar refractivity (Wildman–Crippen MR) is 102 cm³/mol. The molecule has 140 valence electrons. The van der Waals surface area contributed by atoms with Crippen molar-refractivity contribution in [2.24, 2.45) is 0 Å². The first-order valence-electron chi connectivity index (χ1n) is 8.47. The van der Waals surface area contributed by atoms with E-state index in [-0.39, 0.29) is 16.9 Å². The molecule has 0 unspecified atom stereocenters. The molecule has 2 aromatic rings. The summed E-state index contributed by atoms with van der Waals surface area (Å²) in [6.07, 6.45) is 1.63. The Morgan fingerprint density at radius 1 is 1.04 bits per heavy atom. The fourth-order valence-electron chi connectivity index (χ4n) is 2.51. The van der Waals surface area contributed by atoms with Gasteiger partial charge in [-0.1, -0.05) is 37.6 Å². The van der Waals surface area contributed by atoms with E-state index in [1.807, 2.05) is 19.1 Å². The van der Waals surface area contributed by atoms with Gasteiger partial charge in [0, 0.05) is 13.1 Å². The van der Waals surface area contributed by atoms with Crippen molar-refractivity contribution in [2.75, 3.05) is 13.7 Å². The first-order valence-corrected chi connectivity index (χ1v) is 9.91. The summed E-state index contributed by atoms with van der Waals surface area (Å²) in [5.41, 5.74) is 1.12. The van der Waals surface area contributed by atoms with E-state index >= 15 is 0 Å². The topological polar surface area (TPSA) is 87.1 Å². The van der Waals surface area contributed by atoms with Gasteiger partial charge in [0.1, 0.15) is 5.75 Å². The molecule has 2 rings (SSSR count). The Hall–Kier alpha value is -1.87. The molecule has 0 bridgehead atoms. The maximum Gasteiger partial charge on any atom is 0.488 e. The monoisotopic (exact) mass is 377 g/mol. The van der Waals surface area contributed by atoms with Crippen LogP contribution in [0.15, 0.2) is 53.4 Å². The van der Waals surface area contributed by atoms with Gasteiger partial charge in [0.25, 0.3) is 0 Å². The Bertz CT molecular complexity index is 791. The summed E-state index contributed by atoms with van der Waals surface area (Å²) in [4.78, 5) is 0.131. The number of nitrogens with zero attached hydrogens (tertiary/aromatic N) is 1. The van der Waals surface area contributed by atoms with E-state index in [9.17, 15) is 8.42 Å². The number of sulfonamides is 1. The van der Waals surface area contributed by atoms with E-state index in [0.717, 1.165) is 24.2 Å².